The molecule has 0 bridgehead atoms. The minimum absolute atomic E-state index is 0.976. The molecule has 0 aromatic carbocycles. The van der Waals surface area contributed by atoms with Gasteiger partial charge in [-0.1, -0.05) is 0 Å². The number of ether oxygens (including phenoxy) is 1. The lowest BCUT2D eigenvalue weighted by atomic mass is 10.1. The van der Waals surface area contributed by atoms with E-state index in [1.165, 1.54) is 5.56 Å². The summed E-state index contributed by atoms with van der Waals surface area (Å²) in [6.45, 7) is 5.13. The Morgan fingerprint density at radius 3 is 2.73 bits per heavy atom. The fourth-order valence-corrected chi connectivity index (χ4v) is 1.76. The highest BCUT2D eigenvalue weighted by molar-refractivity contribution is 5.41. The summed E-state index contributed by atoms with van der Waals surface area (Å²) in [5.41, 5.74) is 3.42. The van der Waals surface area contributed by atoms with Crippen molar-refractivity contribution in [1.29, 1.82) is 0 Å². The van der Waals surface area contributed by atoms with Crippen LogP contribution in [0.15, 0.2) is 6.20 Å². The van der Waals surface area contributed by atoms with Crippen LogP contribution < -0.4 is 10.1 Å². The van der Waals surface area contributed by atoms with Gasteiger partial charge in [0.2, 0.25) is 0 Å². The molecule has 0 fully saturated rings. The molecular weight excluding hydrogens is 188 g/mol. The second-order valence-corrected chi connectivity index (χ2v) is 3.75. The summed E-state index contributed by atoms with van der Waals surface area (Å²) in [5.74, 6) is 0.976. The number of aromatic nitrogens is 1. The Labute approximate surface area is 91.9 Å². The van der Waals surface area contributed by atoms with Crippen molar-refractivity contribution in [3.8, 4) is 5.75 Å². The number of hydrogen-bond acceptors (Lipinski definition) is 3. The molecule has 0 unspecified atom stereocenters. The summed E-state index contributed by atoms with van der Waals surface area (Å²) < 4.78 is 5.37. The van der Waals surface area contributed by atoms with E-state index in [-0.39, 0.29) is 0 Å². The first-order valence-corrected chi connectivity index (χ1v) is 5.34. The largest absolute Gasteiger partial charge is 0.496 e. The summed E-state index contributed by atoms with van der Waals surface area (Å²) in [6, 6.07) is 0. The second-order valence-electron chi connectivity index (χ2n) is 3.75. The lowest BCUT2D eigenvalue weighted by Gasteiger charge is -2.11. The van der Waals surface area contributed by atoms with Crippen molar-refractivity contribution in [3.63, 3.8) is 0 Å². The molecule has 15 heavy (non-hydrogen) atoms. The molecule has 0 atom stereocenters. The second kappa shape index (κ2) is 5.71. The van der Waals surface area contributed by atoms with E-state index in [2.05, 4.69) is 17.2 Å². The van der Waals surface area contributed by atoms with E-state index in [4.69, 9.17) is 4.74 Å². The number of aryl methyl sites for hydroxylation is 2. The fraction of sp³-hybridized carbons (Fsp3) is 0.583. The van der Waals surface area contributed by atoms with Gasteiger partial charge in [-0.15, -0.1) is 0 Å². The Bertz CT molecular complexity index is 324. The fourth-order valence-electron chi connectivity index (χ4n) is 1.76. The predicted molar refractivity (Wildman–Crippen MR) is 62.5 cm³/mol. The van der Waals surface area contributed by atoms with E-state index in [1.54, 1.807) is 7.11 Å². The van der Waals surface area contributed by atoms with Crippen LogP contribution >= 0.6 is 0 Å². The lowest BCUT2D eigenvalue weighted by Crippen LogP contribution is -2.09. The van der Waals surface area contributed by atoms with Gasteiger partial charge in [0.15, 0.2) is 0 Å². The number of pyridine rings is 1. The Morgan fingerprint density at radius 2 is 2.13 bits per heavy atom. The van der Waals surface area contributed by atoms with Gasteiger partial charge in [-0.3, -0.25) is 4.98 Å². The van der Waals surface area contributed by atoms with E-state index in [0.717, 1.165) is 36.4 Å². The average Bonchev–Trinajstić information content (AvgIpc) is 2.22. The molecule has 1 aromatic rings. The SMILES string of the molecule is CNCCCc1ncc(C)c(OC)c1C. The summed E-state index contributed by atoms with van der Waals surface area (Å²) in [5, 5.41) is 3.14. The normalized spacial score (nSPS) is 10.4. The number of hydrogen-bond donors (Lipinski definition) is 1. The first kappa shape index (κ1) is 12.0. The molecule has 1 rings (SSSR count). The monoisotopic (exact) mass is 208 g/mol. The first-order chi connectivity index (χ1) is 7.20. The topological polar surface area (TPSA) is 34.2 Å². The average molecular weight is 208 g/mol. The van der Waals surface area contributed by atoms with Crippen molar-refractivity contribution in [2.24, 2.45) is 0 Å². The third-order valence-corrected chi connectivity index (χ3v) is 2.59. The number of nitrogens with zero attached hydrogens (tertiary/aromatic N) is 1. The molecule has 0 aliphatic carbocycles. The first-order valence-electron chi connectivity index (χ1n) is 5.34. The minimum atomic E-state index is 0.976. The van der Waals surface area contributed by atoms with E-state index in [9.17, 15) is 0 Å². The summed E-state index contributed by atoms with van der Waals surface area (Å²) in [7, 11) is 3.68. The molecule has 0 saturated heterocycles. The van der Waals surface area contributed by atoms with Crippen LogP contribution in [0.2, 0.25) is 0 Å². The zero-order chi connectivity index (χ0) is 11.3. The Hall–Kier alpha value is -1.09. The molecule has 0 amide bonds. The maximum absolute atomic E-state index is 5.37. The minimum Gasteiger partial charge on any atom is -0.496 e. The van der Waals surface area contributed by atoms with E-state index >= 15 is 0 Å². The molecule has 0 spiro atoms. The Kier molecular flexibility index (Phi) is 4.56. The van der Waals surface area contributed by atoms with E-state index in [0.29, 0.717) is 0 Å². The number of rotatable bonds is 5. The number of nitrogens with one attached hydrogen (secondary N) is 1. The van der Waals surface area contributed by atoms with Gasteiger partial charge >= 0.3 is 0 Å². The van der Waals surface area contributed by atoms with Crippen LogP contribution in [-0.4, -0.2) is 25.7 Å². The smallest absolute Gasteiger partial charge is 0.128 e. The predicted octanol–water partition coefficient (Wildman–Crippen LogP) is 1.86. The molecule has 84 valence electrons. The van der Waals surface area contributed by atoms with Gasteiger partial charge in [0.05, 0.1) is 7.11 Å². The molecule has 0 aliphatic heterocycles. The third-order valence-electron chi connectivity index (χ3n) is 2.59. The zero-order valence-electron chi connectivity index (χ0n) is 10.1. The third kappa shape index (κ3) is 2.93. The highest BCUT2D eigenvalue weighted by Gasteiger charge is 2.08. The van der Waals surface area contributed by atoms with Gasteiger partial charge in [0.1, 0.15) is 5.75 Å². The molecule has 1 heterocycles. The summed E-state index contributed by atoms with van der Waals surface area (Å²) >= 11 is 0. The van der Waals surface area contributed by atoms with Gasteiger partial charge in [-0.05, 0) is 40.3 Å². The van der Waals surface area contributed by atoms with Gasteiger partial charge in [-0.2, -0.15) is 0 Å². The highest BCUT2D eigenvalue weighted by Crippen LogP contribution is 2.24. The molecule has 1 N–H and O–H groups in total. The van der Waals surface area contributed by atoms with Gasteiger partial charge in [-0.25, -0.2) is 0 Å². The Balaban J connectivity index is 2.80. The van der Waals surface area contributed by atoms with Crippen LogP contribution in [0.3, 0.4) is 0 Å². The van der Waals surface area contributed by atoms with Crippen molar-refractivity contribution in [1.82, 2.24) is 10.3 Å². The molecule has 0 saturated carbocycles. The van der Waals surface area contributed by atoms with Crippen LogP contribution in [0.25, 0.3) is 0 Å². The van der Waals surface area contributed by atoms with Crippen molar-refractivity contribution in [3.05, 3.63) is 23.0 Å². The van der Waals surface area contributed by atoms with Crippen LogP contribution in [0, 0.1) is 13.8 Å². The van der Waals surface area contributed by atoms with Crippen LogP contribution in [0.4, 0.5) is 0 Å². The van der Waals surface area contributed by atoms with E-state index < -0.39 is 0 Å². The molecule has 1 aromatic heterocycles. The molecule has 3 nitrogen and oxygen atoms in total. The van der Waals surface area contributed by atoms with Crippen LogP contribution in [0.1, 0.15) is 23.2 Å². The standard InChI is InChI=1S/C12H20N2O/c1-9-8-14-11(6-5-7-13-3)10(2)12(9)15-4/h8,13H,5-7H2,1-4H3. The van der Waals surface area contributed by atoms with Crippen molar-refractivity contribution < 1.29 is 4.74 Å². The number of methoxy groups -OCH3 is 1. The highest BCUT2D eigenvalue weighted by atomic mass is 16.5. The van der Waals surface area contributed by atoms with Crippen molar-refractivity contribution >= 4 is 0 Å². The van der Waals surface area contributed by atoms with E-state index in [1.807, 2.05) is 20.2 Å². The zero-order valence-corrected chi connectivity index (χ0v) is 10.1. The van der Waals surface area contributed by atoms with Crippen LogP contribution in [0.5, 0.6) is 5.75 Å². The van der Waals surface area contributed by atoms with Gasteiger partial charge < -0.3 is 10.1 Å². The summed E-state index contributed by atoms with van der Waals surface area (Å²) in [4.78, 5) is 4.45. The van der Waals surface area contributed by atoms with Gasteiger partial charge in [0.25, 0.3) is 0 Å². The molecular formula is C12H20N2O. The summed E-state index contributed by atoms with van der Waals surface area (Å²) in [6.07, 6.45) is 4.00. The lowest BCUT2D eigenvalue weighted by molar-refractivity contribution is 0.406. The Morgan fingerprint density at radius 1 is 1.40 bits per heavy atom. The molecule has 0 aliphatic rings. The van der Waals surface area contributed by atoms with Crippen molar-refractivity contribution in [2.75, 3.05) is 20.7 Å². The quantitative estimate of drug-likeness (QED) is 0.750. The molecule has 3 heteroatoms. The van der Waals surface area contributed by atoms with Crippen molar-refractivity contribution in [2.45, 2.75) is 26.7 Å². The van der Waals surface area contributed by atoms with Gasteiger partial charge in [0, 0.05) is 23.0 Å². The molecule has 0 radical (unpaired) electrons. The maximum atomic E-state index is 5.37. The maximum Gasteiger partial charge on any atom is 0.128 e. The van der Waals surface area contributed by atoms with Crippen LogP contribution in [-0.2, 0) is 6.42 Å².